The van der Waals surface area contributed by atoms with Crippen LogP contribution in [0, 0.1) is 5.82 Å². The third-order valence-corrected chi connectivity index (χ3v) is 4.52. The topological polar surface area (TPSA) is 20.3 Å². The number of nitrogens with zero attached hydrogens (tertiary/aromatic N) is 1. The molecule has 0 bridgehead atoms. The zero-order valence-corrected chi connectivity index (χ0v) is 13.5. The lowest BCUT2D eigenvalue weighted by Crippen LogP contribution is -2.26. The van der Waals surface area contributed by atoms with Gasteiger partial charge in [0.1, 0.15) is 5.82 Å². The van der Waals surface area contributed by atoms with E-state index in [4.69, 9.17) is 0 Å². The first kappa shape index (κ1) is 15.4. The van der Waals surface area contributed by atoms with E-state index < -0.39 is 0 Å². The van der Waals surface area contributed by atoms with E-state index in [9.17, 15) is 9.18 Å². The molecule has 0 saturated heterocycles. The first-order valence-electron chi connectivity index (χ1n) is 6.21. The van der Waals surface area contributed by atoms with Crippen molar-refractivity contribution in [2.75, 3.05) is 13.6 Å². The molecular weight excluding hydrogens is 341 g/mol. The lowest BCUT2D eigenvalue weighted by molar-refractivity contribution is -0.119. The average molecular weight is 356 g/mol. The first-order chi connectivity index (χ1) is 9.54. The van der Waals surface area contributed by atoms with Crippen LogP contribution in [0.3, 0.4) is 0 Å². The van der Waals surface area contributed by atoms with Crippen LogP contribution in [0.25, 0.3) is 0 Å². The minimum absolute atomic E-state index is 0.0215. The molecule has 0 saturated carbocycles. The van der Waals surface area contributed by atoms with Crippen molar-refractivity contribution in [2.24, 2.45) is 0 Å². The number of hydrogen-bond acceptors (Lipinski definition) is 3. The maximum Gasteiger partial charge on any atom is 0.151 e. The summed E-state index contributed by atoms with van der Waals surface area (Å²) >= 11 is 5.06. The molecule has 2 nitrogen and oxygen atoms in total. The molecule has 0 radical (unpaired) electrons. The van der Waals surface area contributed by atoms with Gasteiger partial charge in [0.2, 0.25) is 0 Å². The molecular formula is C15H15BrFNOS. The smallest absolute Gasteiger partial charge is 0.151 e. The predicted molar refractivity (Wildman–Crippen MR) is 83.5 cm³/mol. The van der Waals surface area contributed by atoms with Crippen molar-refractivity contribution in [1.82, 2.24) is 4.90 Å². The van der Waals surface area contributed by atoms with Crippen LogP contribution in [0.2, 0.25) is 0 Å². The zero-order valence-electron chi connectivity index (χ0n) is 11.1. The Morgan fingerprint density at radius 1 is 1.40 bits per heavy atom. The van der Waals surface area contributed by atoms with Crippen LogP contribution < -0.4 is 0 Å². The Morgan fingerprint density at radius 3 is 2.80 bits per heavy atom. The maximum atomic E-state index is 13.5. The van der Waals surface area contributed by atoms with Gasteiger partial charge in [-0.2, -0.15) is 0 Å². The number of thiophene rings is 1. The second-order valence-corrected chi connectivity index (χ2v) is 6.62. The number of likely N-dealkylation sites (N-methyl/N-ethyl adjacent to an activating group) is 1. The quantitative estimate of drug-likeness (QED) is 0.783. The molecule has 106 valence electrons. The van der Waals surface area contributed by atoms with E-state index in [0.717, 1.165) is 11.0 Å². The van der Waals surface area contributed by atoms with Gasteiger partial charge in [-0.1, -0.05) is 18.2 Å². The second kappa shape index (κ2) is 7.11. The Balaban J connectivity index is 1.86. The number of carbonyl (C=O) groups excluding carboxylic acids is 1. The number of rotatable bonds is 6. The van der Waals surface area contributed by atoms with Crippen LogP contribution in [0.15, 0.2) is 40.2 Å². The number of ketones is 1. The summed E-state index contributed by atoms with van der Waals surface area (Å²) in [5, 5.41) is 2.02. The third-order valence-electron chi connectivity index (χ3n) is 2.84. The van der Waals surface area contributed by atoms with E-state index in [0.29, 0.717) is 12.1 Å². The van der Waals surface area contributed by atoms with Crippen molar-refractivity contribution < 1.29 is 9.18 Å². The minimum Gasteiger partial charge on any atom is -0.298 e. The van der Waals surface area contributed by atoms with Gasteiger partial charge in [-0.3, -0.25) is 9.69 Å². The van der Waals surface area contributed by atoms with Crippen LogP contribution in [0.1, 0.15) is 10.4 Å². The Bertz CT molecular complexity index is 599. The molecule has 1 aromatic carbocycles. The summed E-state index contributed by atoms with van der Waals surface area (Å²) in [6.45, 7) is 1.04. The lowest BCUT2D eigenvalue weighted by Gasteiger charge is -2.14. The maximum absolute atomic E-state index is 13.5. The Labute approximate surface area is 130 Å². The molecule has 1 heterocycles. The fourth-order valence-corrected chi connectivity index (χ4v) is 3.50. The van der Waals surface area contributed by atoms with Gasteiger partial charge < -0.3 is 0 Å². The van der Waals surface area contributed by atoms with Crippen molar-refractivity contribution >= 4 is 33.0 Å². The van der Waals surface area contributed by atoms with Crippen molar-refractivity contribution in [2.45, 2.75) is 13.0 Å². The van der Waals surface area contributed by atoms with Crippen molar-refractivity contribution in [3.05, 3.63) is 56.4 Å². The molecule has 0 aliphatic rings. The number of benzene rings is 1. The second-order valence-electron chi connectivity index (χ2n) is 4.71. The molecule has 0 atom stereocenters. The van der Waals surface area contributed by atoms with Crippen LogP contribution in [0.5, 0.6) is 0 Å². The van der Waals surface area contributed by atoms with Gasteiger partial charge in [0.25, 0.3) is 0 Å². The number of hydrogen-bond donors (Lipinski definition) is 0. The standard InChI is InChI=1S/C15H15BrFNOS/c1-18(9-14-7-12(16)10-20-14)8-13(19)6-11-4-2-3-5-15(11)17/h2-5,7,10H,6,8-9H2,1H3. The summed E-state index contributed by atoms with van der Waals surface area (Å²) in [7, 11) is 1.90. The Kier molecular flexibility index (Phi) is 5.46. The summed E-state index contributed by atoms with van der Waals surface area (Å²) in [4.78, 5) is 15.1. The predicted octanol–water partition coefficient (Wildman–Crippen LogP) is 3.89. The van der Waals surface area contributed by atoms with Gasteiger partial charge in [0, 0.05) is 27.7 Å². The molecule has 0 aliphatic carbocycles. The van der Waals surface area contributed by atoms with Crippen LogP contribution in [0.4, 0.5) is 4.39 Å². The van der Waals surface area contributed by atoms with Crippen molar-refractivity contribution in [3.8, 4) is 0 Å². The molecule has 0 N–H and O–H groups in total. The molecule has 0 fully saturated rings. The van der Waals surface area contributed by atoms with Gasteiger partial charge in [-0.15, -0.1) is 11.3 Å². The van der Waals surface area contributed by atoms with Gasteiger partial charge in [0.15, 0.2) is 5.78 Å². The highest BCUT2D eigenvalue weighted by Gasteiger charge is 2.11. The van der Waals surface area contributed by atoms with E-state index in [-0.39, 0.29) is 18.0 Å². The fraction of sp³-hybridized carbons (Fsp3) is 0.267. The molecule has 5 heteroatoms. The average Bonchev–Trinajstić information content (AvgIpc) is 2.77. The highest BCUT2D eigenvalue weighted by molar-refractivity contribution is 9.10. The molecule has 0 aliphatic heterocycles. The summed E-state index contributed by atoms with van der Waals surface area (Å²) < 4.78 is 14.5. The van der Waals surface area contributed by atoms with E-state index in [2.05, 4.69) is 15.9 Å². The van der Waals surface area contributed by atoms with Crippen molar-refractivity contribution in [3.63, 3.8) is 0 Å². The van der Waals surface area contributed by atoms with E-state index in [1.54, 1.807) is 29.5 Å². The molecule has 2 rings (SSSR count). The Morgan fingerprint density at radius 2 is 2.15 bits per heavy atom. The van der Waals surface area contributed by atoms with Gasteiger partial charge in [-0.05, 0) is 40.7 Å². The first-order valence-corrected chi connectivity index (χ1v) is 7.88. The largest absolute Gasteiger partial charge is 0.298 e. The molecule has 0 amide bonds. The van der Waals surface area contributed by atoms with Gasteiger partial charge in [-0.25, -0.2) is 4.39 Å². The third kappa shape index (κ3) is 4.51. The summed E-state index contributed by atoms with van der Waals surface area (Å²) in [5.74, 6) is -0.293. The monoisotopic (exact) mass is 355 g/mol. The normalized spacial score (nSPS) is 11.0. The highest BCUT2D eigenvalue weighted by Crippen LogP contribution is 2.20. The minimum atomic E-state index is -0.314. The molecule has 0 spiro atoms. The summed E-state index contributed by atoms with van der Waals surface area (Å²) in [5.41, 5.74) is 0.463. The number of Topliss-reactive ketones (excluding diaryl/α,β-unsaturated/α-hetero) is 1. The Hall–Kier alpha value is -1.04. The number of carbonyl (C=O) groups is 1. The van der Waals surface area contributed by atoms with Gasteiger partial charge >= 0.3 is 0 Å². The SMILES string of the molecule is CN(CC(=O)Cc1ccccc1F)Cc1cc(Br)cs1. The zero-order chi connectivity index (χ0) is 14.5. The van der Waals surface area contributed by atoms with Crippen molar-refractivity contribution in [1.29, 1.82) is 0 Å². The molecule has 20 heavy (non-hydrogen) atoms. The molecule has 2 aromatic rings. The lowest BCUT2D eigenvalue weighted by atomic mass is 10.1. The number of halogens is 2. The van der Waals surface area contributed by atoms with E-state index in [1.807, 2.05) is 23.4 Å². The summed E-state index contributed by atoms with van der Waals surface area (Å²) in [6.07, 6.45) is 0.144. The molecule has 1 aromatic heterocycles. The van der Waals surface area contributed by atoms with E-state index >= 15 is 0 Å². The van der Waals surface area contributed by atoms with Gasteiger partial charge in [0.05, 0.1) is 6.54 Å². The van der Waals surface area contributed by atoms with Crippen LogP contribution in [-0.2, 0) is 17.8 Å². The highest BCUT2D eigenvalue weighted by atomic mass is 79.9. The summed E-state index contributed by atoms with van der Waals surface area (Å²) in [6, 6.07) is 8.46. The van der Waals surface area contributed by atoms with Crippen LogP contribution in [-0.4, -0.2) is 24.3 Å². The molecule has 0 unspecified atom stereocenters. The van der Waals surface area contributed by atoms with E-state index in [1.165, 1.54) is 10.9 Å². The fourth-order valence-electron chi connectivity index (χ4n) is 1.97. The van der Waals surface area contributed by atoms with Crippen LogP contribution >= 0.6 is 27.3 Å².